The van der Waals surface area contributed by atoms with Crippen molar-refractivity contribution in [3.63, 3.8) is 0 Å². The second kappa shape index (κ2) is 8.06. The lowest BCUT2D eigenvalue weighted by molar-refractivity contribution is -0.118. The second-order valence-electron chi connectivity index (χ2n) is 5.95. The number of rotatable bonds is 7. The summed E-state index contributed by atoms with van der Waals surface area (Å²) in [4.78, 5) is 12.1. The molecule has 1 saturated carbocycles. The molecule has 0 N–H and O–H groups in total. The number of Topliss-reactive ketones (excluding diaryl/α,β-unsaturated/α-hetero) is 1. The number of carbonyl (C=O) groups excluding carboxylic acids is 1. The van der Waals surface area contributed by atoms with E-state index in [1.54, 1.807) is 14.2 Å². The highest BCUT2D eigenvalue weighted by Crippen LogP contribution is 2.29. The Labute approximate surface area is 127 Å². The smallest absolute Gasteiger partial charge is 0.161 e. The summed E-state index contributed by atoms with van der Waals surface area (Å²) in [5.41, 5.74) is 1.00. The van der Waals surface area contributed by atoms with E-state index in [1.807, 2.05) is 18.2 Å². The molecule has 2 rings (SSSR count). The van der Waals surface area contributed by atoms with E-state index in [4.69, 9.17) is 9.47 Å². The number of ether oxygens (including phenoxy) is 2. The van der Waals surface area contributed by atoms with Gasteiger partial charge in [0.2, 0.25) is 0 Å². The third-order valence-electron chi connectivity index (χ3n) is 4.41. The molecule has 0 unspecified atom stereocenters. The highest BCUT2D eigenvalue weighted by molar-refractivity contribution is 5.81. The first-order valence-corrected chi connectivity index (χ1v) is 7.95. The summed E-state index contributed by atoms with van der Waals surface area (Å²) < 4.78 is 10.5. The Balaban J connectivity index is 1.84. The topological polar surface area (TPSA) is 35.5 Å². The van der Waals surface area contributed by atoms with Gasteiger partial charge in [-0.1, -0.05) is 38.2 Å². The van der Waals surface area contributed by atoms with Crippen LogP contribution in [0.15, 0.2) is 18.2 Å². The Kier molecular flexibility index (Phi) is 6.09. The molecule has 1 aliphatic rings. The summed E-state index contributed by atoms with van der Waals surface area (Å²) >= 11 is 0. The molecule has 0 radical (unpaired) electrons. The van der Waals surface area contributed by atoms with E-state index >= 15 is 0 Å². The fourth-order valence-corrected chi connectivity index (χ4v) is 3.15. The van der Waals surface area contributed by atoms with E-state index in [9.17, 15) is 4.79 Å². The molecule has 1 aromatic rings. The summed E-state index contributed by atoms with van der Waals surface area (Å²) in [5.74, 6) is 2.49. The molecule has 0 amide bonds. The van der Waals surface area contributed by atoms with Crippen LogP contribution in [-0.4, -0.2) is 20.0 Å². The Morgan fingerprint density at radius 2 is 1.81 bits per heavy atom. The van der Waals surface area contributed by atoms with Crippen LogP contribution < -0.4 is 9.47 Å². The standard InChI is InChI=1S/C18H26O3/c1-20-17-11-9-15(13-18(17)21-2)12-16(19)10-8-14-6-4-3-5-7-14/h9,11,13-14H,3-8,10,12H2,1-2H3. The van der Waals surface area contributed by atoms with Crippen molar-refractivity contribution in [1.29, 1.82) is 0 Å². The van der Waals surface area contributed by atoms with Crippen LogP contribution in [0.25, 0.3) is 0 Å². The number of benzene rings is 1. The van der Waals surface area contributed by atoms with Crippen molar-refractivity contribution in [3.8, 4) is 11.5 Å². The van der Waals surface area contributed by atoms with Crippen LogP contribution in [-0.2, 0) is 11.2 Å². The molecule has 0 atom stereocenters. The number of methoxy groups -OCH3 is 2. The van der Waals surface area contributed by atoms with Crippen molar-refractivity contribution in [1.82, 2.24) is 0 Å². The fourth-order valence-electron chi connectivity index (χ4n) is 3.15. The zero-order valence-corrected chi connectivity index (χ0v) is 13.2. The minimum atomic E-state index is 0.327. The Hall–Kier alpha value is -1.51. The molecule has 1 aliphatic carbocycles. The van der Waals surface area contributed by atoms with Gasteiger partial charge in [0.1, 0.15) is 5.78 Å². The van der Waals surface area contributed by atoms with E-state index in [-0.39, 0.29) is 0 Å². The molecular weight excluding hydrogens is 264 g/mol. The van der Waals surface area contributed by atoms with Gasteiger partial charge in [-0.3, -0.25) is 4.79 Å². The van der Waals surface area contributed by atoms with Crippen molar-refractivity contribution in [3.05, 3.63) is 23.8 Å². The summed E-state index contributed by atoms with van der Waals surface area (Å²) in [6, 6.07) is 5.71. The molecule has 116 valence electrons. The third-order valence-corrected chi connectivity index (χ3v) is 4.41. The van der Waals surface area contributed by atoms with Gasteiger partial charge < -0.3 is 9.47 Å². The first-order chi connectivity index (χ1) is 10.2. The molecule has 1 aromatic carbocycles. The highest BCUT2D eigenvalue weighted by Gasteiger charge is 2.15. The average Bonchev–Trinajstić information content (AvgIpc) is 2.53. The van der Waals surface area contributed by atoms with E-state index in [1.165, 1.54) is 32.1 Å². The predicted molar refractivity (Wildman–Crippen MR) is 84.1 cm³/mol. The minimum absolute atomic E-state index is 0.327. The summed E-state index contributed by atoms with van der Waals surface area (Å²) in [6.45, 7) is 0. The number of hydrogen-bond donors (Lipinski definition) is 0. The molecule has 0 aromatic heterocycles. The fraction of sp³-hybridized carbons (Fsp3) is 0.611. The maximum absolute atomic E-state index is 12.1. The molecule has 0 saturated heterocycles. The van der Waals surface area contributed by atoms with Crippen LogP contribution in [0.1, 0.15) is 50.5 Å². The Morgan fingerprint density at radius 3 is 2.48 bits per heavy atom. The third kappa shape index (κ3) is 4.76. The highest BCUT2D eigenvalue weighted by atomic mass is 16.5. The molecular formula is C18H26O3. The lowest BCUT2D eigenvalue weighted by Gasteiger charge is -2.20. The van der Waals surface area contributed by atoms with Gasteiger partial charge in [0, 0.05) is 12.8 Å². The van der Waals surface area contributed by atoms with E-state index in [0.29, 0.717) is 30.1 Å². The lowest BCUT2D eigenvalue weighted by Crippen LogP contribution is -2.10. The maximum Gasteiger partial charge on any atom is 0.161 e. The van der Waals surface area contributed by atoms with Crippen molar-refractivity contribution < 1.29 is 14.3 Å². The van der Waals surface area contributed by atoms with Gasteiger partial charge in [-0.05, 0) is 30.0 Å². The minimum Gasteiger partial charge on any atom is -0.493 e. The van der Waals surface area contributed by atoms with Gasteiger partial charge in [0.25, 0.3) is 0 Å². The normalized spacial score (nSPS) is 15.7. The first kappa shape index (κ1) is 15.9. The lowest BCUT2D eigenvalue weighted by atomic mass is 9.85. The van der Waals surface area contributed by atoms with Gasteiger partial charge in [0.15, 0.2) is 11.5 Å². The van der Waals surface area contributed by atoms with Gasteiger partial charge >= 0.3 is 0 Å². The molecule has 0 spiro atoms. The van der Waals surface area contributed by atoms with Crippen LogP contribution in [0.3, 0.4) is 0 Å². The zero-order valence-electron chi connectivity index (χ0n) is 13.2. The molecule has 1 fully saturated rings. The van der Waals surface area contributed by atoms with E-state index < -0.39 is 0 Å². The van der Waals surface area contributed by atoms with Gasteiger partial charge in [-0.25, -0.2) is 0 Å². The van der Waals surface area contributed by atoms with Gasteiger partial charge in [0.05, 0.1) is 14.2 Å². The molecule has 0 heterocycles. The van der Waals surface area contributed by atoms with Gasteiger partial charge in [-0.2, -0.15) is 0 Å². The van der Waals surface area contributed by atoms with Crippen LogP contribution in [0.4, 0.5) is 0 Å². The van der Waals surface area contributed by atoms with Crippen LogP contribution in [0.5, 0.6) is 11.5 Å². The monoisotopic (exact) mass is 290 g/mol. The van der Waals surface area contributed by atoms with E-state index in [2.05, 4.69) is 0 Å². The largest absolute Gasteiger partial charge is 0.493 e. The molecule has 21 heavy (non-hydrogen) atoms. The van der Waals surface area contributed by atoms with Crippen molar-refractivity contribution in [2.75, 3.05) is 14.2 Å². The molecule has 0 aliphatic heterocycles. The van der Waals surface area contributed by atoms with Crippen molar-refractivity contribution in [2.45, 2.75) is 51.4 Å². The predicted octanol–water partition coefficient (Wildman–Crippen LogP) is 4.18. The summed E-state index contributed by atoms with van der Waals surface area (Å²) in [5, 5.41) is 0. The van der Waals surface area contributed by atoms with Crippen LogP contribution in [0, 0.1) is 5.92 Å². The van der Waals surface area contributed by atoms with Crippen LogP contribution in [0.2, 0.25) is 0 Å². The molecule has 3 nitrogen and oxygen atoms in total. The number of carbonyl (C=O) groups is 1. The number of hydrogen-bond acceptors (Lipinski definition) is 3. The summed E-state index contributed by atoms with van der Waals surface area (Å²) in [7, 11) is 3.24. The summed E-state index contributed by atoms with van der Waals surface area (Å²) in [6.07, 6.45) is 8.94. The quantitative estimate of drug-likeness (QED) is 0.756. The van der Waals surface area contributed by atoms with Crippen molar-refractivity contribution >= 4 is 5.78 Å². The Morgan fingerprint density at radius 1 is 1.10 bits per heavy atom. The van der Waals surface area contributed by atoms with Gasteiger partial charge in [-0.15, -0.1) is 0 Å². The van der Waals surface area contributed by atoms with Crippen LogP contribution >= 0.6 is 0 Å². The SMILES string of the molecule is COc1ccc(CC(=O)CCC2CCCCC2)cc1OC. The molecule has 3 heteroatoms. The number of ketones is 1. The zero-order chi connectivity index (χ0) is 15.1. The maximum atomic E-state index is 12.1. The van der Waals surface area contributed by atoms with Crippen molar-refractivity contribution in [2.24, 2.45) is 5.92 Å². The first-order valence-electron chi connectivity index (χ1n) is 7.95. The average molecular weight is 290 g/mol. The molecule has 0 bridgehead atoms. The Bertz CT molecular complexity index is 462. The second-order valence-corrected chi connectivity index (χ2v) is 5.95. The van der Waals surface area contributed by atoms with E-state index in [0.717, 1.165) is 17.9 Å².